The lowest BCUT2D eigenvalue weighted by Crippen LogP contribution is -2.41. The molecule has 2 amide bonds. The van der Waals surface area contributed by atoms with Gasteiger partial charge in [0.25, 0.3) is 0 Å². The van der Waals surface area contributed by atoms with E-state index in [0.29, 0.717) is 10.6 Å². The van der Waals surface area contributed by atoms with Crippen molar-refractivity contribution >= 4 is 34.8 Å². The van der Waals surface area contributed by atoms with Gasteiger partial charge in [0.15, 0.2) is 0 Å². The van der Waals surface area contributed by atoms with Crippen molar-refractivity contribution in [3.05, 3.63) is 57.2 Å². The summed E-state index contributed by atoms with van der Waals surface area (Å²) in [4.78, 5) is 23.3. The Morgan fingerprint density at radius 2 is 1.91 bits per heavy atom. The van der Waals surface area contributed by atoms with Crippen molar-refractivity contribution in [3.63, 3.8) is 0 Å². The van der Waals surface area contributed by atoms with Crippen LogP contribution in [0, 0.1) is 0 Å². The summed E-state index contributed by atoms with van der Waals surface area (Å²) in [7, 11) is 0. The van der Waals surface area contributed by atoms with Crippen LogP contribution in [0.3, 0.4) is 0 Å². The van der Waals surface area contributed by atoms with E-state index < -0.39 is 17.9 Å². The molecule has 22 heavy (non-hydrogen) atoms. The fraction of sp³-hybridized carbons (Fsp3) is 0.200. The number of hydrogen-bond donors (Lipinski definition) is 3. The molecule has 2 aromatic rings. The van der Waals surface area contributed by atoms with Crippen LogP contribution in [0.2, 0.25) is 5.02 Å². The molecule has 116 valence electrons. The van der Waals surface area contributed by atoms with Crippen molar-refractivity contribution in [3.8, 4) is 0 Å². The lowest BCUT2D eigenvalue weighted by atomic mass is 10.2. The topological polar surface area (TPSA) is 78.4 Å². The Morgan fingerprint density at radius 1 is 1.18 bits per heavy atom. The van der Waals surface area contributed by atoms with Gasteiger partial charge in [-0.3, -0.25) is 9.59 Å². The number of amides is 2. The summed E-state index contributed by atoms with van der Waals surface area (Å²) in [5.74, 6) is -1.56. The lowest BCUT2D eigenvalue weighted by Gasteiger charge is -2.11. The van der Waals surface area contributed by atoms with Crippen LogP contribution < -0.4 is 10.6 Å². The number of rotatable bonds is 5. The second-order valence-electron chi connectivity index (χ2n) is 4.56. The zero-order chi connectivity index (χ0) is 15.9. The van der Waals surface area contributed by atoms with E-state index >= 15 is 0 Å². The second kappa shape index (κ2) is 7.93. The average molecular weight is 339 g/mol. The summed E-state index contributed by atoms with van der Waals surface area (Å²) in [5.41, 5.74) is 1.44. The SMILES string of the molecule is O=C(NCc1ccccc1Cl)C(=O)NC[C@H](O)c1ccsc1. The van der Waals surface area contributed by atoms with Gasteiger partial charge in [-0.2, -0.15) is 11.3 Å². The first-order valence-corrected chi connectivity index (χ1v) is 7.89. The molecule has 0 aliphatic heterocycles. The van der Waals surface area contributed by atoms with Crippen LogP contribution in [-0.4, -0.2) is 23.5 Å². The van der Waals surface area contributed by atoms with Crippen LogP contribution in [0.5, 0.6) is 0 Å². The van der Waals surface area contributed by atoms with Gasteiger partial charge in [0.1, 0.15) is 0 Å². The molecule has 1 aromatic carbocycles. The summed E-state index contributed by atoms with van der Waals surface area (Å²) >= 11 is 7.41. The number of carbonyl (C=O) groups excluding carboxylic acids is 2. The van der Waals surface area contributed by atoms with E-state index in [9.17, 15) is 14.7 Å². The van der Waals surface area contributed by atoms with Gasteiger partial charge in [-0.15, -0.1) is 0 Å². The molecule has 0 fully saturated rings. The number of halogens is 1. The Balaban J connectivity index is 1.78. The third-order valence-electron chi connectivity index (χ3n) is 2.99. The Labute approximate surface area is 136 Å². The molecule has 3 N–H and O–H groups in total. The van der Waals surface area contributed by atoms with Gasteiger partial charge in [-0.05, 0) is 34.0 Å². The van der Waals surface area contributed by atoms with E-state index in [2.05, 4.69) is 10.6 Å². The second-order valence-corrected chi connectivity index (χ2v) is 5.74. The highest BCUT2D eigenvalue weighted by Gasteiger charge is 2.16. The number of benzene rings is 1. The van der Waals surface area contributed by atoms with Crippen molar-refractivity contribution in [2.75, 3.05) is 6.54 Å². The van der Waals surface area contributed by atoms with Crippen molar-refractivity contribution in [1.29, 1.82) is 0 Å². The van der Waals surface area contributed by atoms with Crippen LogP contribution in [0.15, 0.2) is 41.1 Å². The summed E-state index contributed by atoms with van der Waals surface area (Å²) in [6.07, 6.45) is -0.827. The Hall–Kier alpha value is -1.89. The molecule has 1 atom stereocenters. The molecule has 0 radical (unpaired) electrons. The number of aliphatic hydroxyl groups is 1. The van der Waals surface area contributed by atoms with E-state index in [0.717, 1.165) is 5.56 Å². The van der Waals surface area contributed by atoms with Gasteiger partial charge in [0.2, 0.25) is 0 Å². The van der Waals surface area contributed by atoms with E-state index in [1.54, 1.807) is 35.7 Å². The van der Waals surface area contributed by atoms with Gasteiger partial charge >= 0.3 is 11.8 Å². The van der Waals surface area contributed by atoms with Crippen molar-refractivity contribution in [2.24, 2.45) is 0 Å². The normalized spacial score (nSPS) is 11.7. The highest BCUT2D eigenvalue weighted by Crippen LogP contribution is 2.15. The largest absolute Gasteiger partial charge is 0.387 e. The average Bonchev–Trinajstić information content (AvgIpc) is 3.05. The maximum atomic E-state index is 11.7. The first-order valence-electron chi connectivity index (χ1n) is 6.57. The van der Waals surface area contributed by atoms with Crippen molar-refractivity contribution in [1.82, 2.24) is 10.6 Å². The number of carbonyl (C=O) groups is 2. The predicted molar refractivity (Wildman–Crippen MR) is 85.6 cm³/mol. The van der Waals surface area contributed by atoms with Crippen LogP contribution in [0.1, 0.15) is 17.2 Å². The Kier molecular flexibility index (Phi) is 5.94. The van der Waals surface area contributed by atoms with Gasteiger partial charge in [0.05, 0.1) is 6.10 Å². The molecule has 0 bridgehead atoms. The Morgan fingerprint density at radius 3 is 2.59 bits per heavy atom. The zero-order valence-electron chi connectivity index (χ0n) is 11.6. The molecule has 0 aliphatic carbocycles. The molecule has 0 spiro atoms. The summed E-state index contributed by atoms with van der Waals surface area (Å²) in [5, 5.41) is 18.8. The maximum absolute atomic E-state index is 11.7. The molecule has 7 heteroatoms. The van der Waals surface area contributed by atoms with E-state index in [4.69, 9.17) is 11.6 Å². The van der Waals surface area contributed by atoms with Gasteiger partial charge < -0.3 is 15.7 Å². The molecule has 1 heterocycles. The van der Waals surface area contributed by atoms with Gasteiger partial charge in [0, 0.05) is 18.1 Å². The summed E-state index contributed by atoms with van der Waals surface area (Å²) in [6, 6.07) is 8.82. The monoisotopic (exact) mass is 338 g/mol. The fourth-order valence-corrected chi connectivity index (χ4v) is 2.66. The molecule has 0 saturated heterocycles. The molecule has 0 unspecified atom stereocenters. The minimum Gasteiger partial charge on any atom is -0.387 e. The standard InChI is InChI=1S/C15H15ClN2O3S/c16-12-4-2-1-3-10(12)7-17-14(20)15(21)18-8-13(19)11-5-6-22-9-11/h1-6,9,13,19H,7-8H2,(H,17,20)(H,18,21)/t13-/m0/s1. The third kappa shape index (κ3) is 4.56. The molecular formula is C15H15ClN2O3S. The lowest BCUT2D eigenvalue weighted by molar-refractivity contribution is -0.139. The molecule has 0 aliphatic rings. The predicted octanol–water partition coefficient (Wildman–Crippen LogP) is 1.87. The van der Waals surface area contributed by atoms with Gasteiger partial charge in [-0.25, -0.2) is 0 Å². The number of hydrogen-bond acceptors (Lipinski definition) is 4. The minimum atomic E-state index is -0.827. The van der Waals surface area contributed by atoms with E-state index in [-0.39, 0.29) is 13.1 Å². The van der Waals surface area contributed by atoms with Crippen molar-refractivity contribution in [2.45, 2.75) is 12.6 Å². The van der Waals surface area contributed by atoms with Crippen molar-refractivity contribution < 1.29 is 14.7 Å². The maximum Gasteiger partial charge on any atom is 0.309 e. The van der Waals surface area contributed by atoms with E-state index in [1.165, 1.54) is 11.3 Å². The summed E-state index contributed by atoms with van der Waals surface area (Å²) < 4.78 is 0. The number of aliphatic hydroxyl groups excluding tert-OH is 1. The minimum absolute atomic E-state index is 0.0188. The third-order valence-corrected chi connectivity index (χ3v) is 4.06. The van der Waals surface area contributed by atoms with Crippen LogP contribution >= 0.6 is 22.9 Å². The first kappa shape index (κ1) is 16.5. The van der Waals surface area contributed by atoms with Gasteiger partial charge in [-0.1, -0.05) is 29.8 Å². The highest BCUT2D eigenvalue weighted by atomic mass is 35.5. The number of thiophene rings is 1. The zero-order valence-corrected chi connectivity index (χ0v) is 13.2. The summed E-state index contributed by atoms with van der Waals surface area (Å²) in [6.45, 7) is 0.147. The van der Waals surface area contributed by atoms with Crippen LogP contribution in [0.25, 0.3) is 0 Å². The quantitative estimate of drug-likeness (QED) is 0.728. The molecule has 1 aromatic heterocycles. The number of nitrogens with one attached hydrogen (secondary N) is 2. The molecule has 2 rings (SSSR count). The molecule has 0 saturated carbocycles. The van der Waals surface area contributed by atoms with E-state index in [1.807, 2.05) is 5.38 Å². The van der Waals surface area contributed by atoms with Crippen LogP contribution in [-0.2, 0) is 16.1 Å². The van der Waals surface area contributed by atoms with Crippen LogP contribution in [0.4, 0.5) is 0 Å². The molecule has 5 nitrogen and oxygen atoms in total. The Bertz CT molecular complexity index is 646. The smallest absolute Gasteiger partial charge is 0.309 e. The fourth-order valence-electron chi connectivity index (χ4n) is 1.75. The first-order chi connectivity index (χ1) is 10.6. The highest BCUT2D eigenvalue weighted by molar-refractivity contribution is 7.07. The molecular weight excluding hydrogens is 324 g/mol.